The van der Waals surface area contributed by atoms with Crippen molar-refractivity contribution in [3.63, 3.8) is 0 Å². The van der Waals surface area contributed by atoms with Crippen molar-refractivity contribution in [1.29, 1.82) is 0 Å². The molecule has 0 saturated carbocycles. The van der Waals surface area contributed by atoms with Crippen LogP contribution in [0.4, 0.5) is 5.13 Å². The number of anilines is 1. The number of fused-ring (bicyclic) bond motifs is 1. The van der Waals surface area contributed by atoms with E-state index in [0.717, 1.165) is 16.9 Å². The zero-order valence-electron chi connectivity index (χ0n) is 21.6. The molecule has 5 aromatic rings. The maximum atomic E-state index is 13.9. The lowest BCUT2D eigenvalue weighted by Crippen LogP contribution is -2.31. The number of amides is 1. The van der Waals surface area contributed by atoms with Gasteiger partial charge in [0, 0.05) is 21.2 Å². The lowest BCUT2D eigenvalue weighted by molar-refractivity contribution is -0.117. The molecule has 1 amide bonds. The zero-order valence-corrected chi connectivity index (χ0v) is 24.7. The van der Waals surface area contributed by atoms with E-state index in [1.54, 1.807) is 42.5 Å². The Morgan fingerprint density at radius 2 is 1.90 bits per heavy atom. The molecule has 0 aliphatic carbocycles. The molecule has 9 nitrogen and oxygen atoms in total. The van der Waals surface area contributed by atoms with Crippen molar-refractivity contribution in [2.45, 2.75) is 16.1 Å². The second-order valence-corrected chi connectivity index (χ2v) is 12.2. The average Bonchev–Trinajstić information content (AvgIpc) is 3.68. The number of aliphatic hydroxyl groups is 1. The van der Waals surface area contributed by atoms with Crippen LogP contribution >= 0.6 is 46.3 Å². The van der Waals surface area contributed by atoms with E-state index in [1.807, 2.05) is 6.07 Å². The predicted octanol–water partition coefficient (Wildman–Crippen LogP) is 7.38. The minimum absolute atomic E-state index is 0.0834. The van der Waals surface area contributed by atoms with Gasteiger partial charge in [0.05, 0.1) is 18.7 Å². The van der Waals surface area contributed by atoms with Gasteiger partial charge in [-0.05, 0) is 47.5 Å². The fourth-order valence-corrected chi connectivity index (χ4v) is 7.05. The topological polar surface area (TPSA) is 126 Å². The van der Waals surface area contributed by atoms with Gasteiger partial charge in [0.15, 0.2) is 27.2 Å². The Kier molecular flexibility index (Phi) is 7.58. The van der Waals surface area contributed by atoms with Gasteiger partial charge in [-0.3, -0.25) is 14.5 Å². The van der Waals surface area contributed by atoms with Crippen molar-refractivity contribution >= 4 is 74.1 Å². The van der Waals surface area contributed by atoms with Crippen LogP contribution in [0.15, 0.2) is 86.8 Å². The molecule has 2 aromatic heterocycles. The number of ketones is 1. The molecular formula is C29H19Cl2N3O6S2. The Morgan fingerprint density at radius 1 is 1.10 bits per heavy atom. The number of hydrogen-bond acceptors (Lipinski definition) is 10. The van der Waals surface area contributed by atoms with E-state index in [1.165, 1.54) is 42.0 Å². The Bertz CT molecular complexity index is 1900. The summed E-state index contributed by atoms with van der Waals surface area (Å²) >= 11 is 14.8. The van der Waals surface area contributed by atoms with Crippen molar-refractivity contribution in [3.8, 4) is 11.5 Å². The van der Waals surface area contributed by atoms with Crippen LogP contribution in [0.1, 0.15) is 27.7 Å². The number of Topliss-reactive ketones (excluding diaryl/α,β-unsaturated/α-hetero) is 1. The minimum Gasteiger partial charge on any atom is -0.508 e. The molecule has 2 N–H and O–H groups in total. The number of carbonyl (C=O) groups is 2. The standard InChI is InChI=1S/C29H19Cl2N3O6S2/c1-39-20-7-3-5-15-11-21(40-26(15)20)24(36)22-23(14-4-2-6-18(35)10-14)34(27(38)25(22)37)28-32-33-29(42-28)41-13-16-8-9-17(30)12-19(16)31/h2-12,23,35,37H,13H2,1H3. The molecule has 13 heteroatoms. The number of methoxy groups -OCH3 is 1. The molecule has 0 spiro atoms. The second kappa shape index (κ2) is 11.3. The maximum Gasteiger partial charge on any atom is 0.296 e. The molecule has 42 heavy (non-hydrogen) atoms. The number of benzene rings is 3. The fourth-order valence-electron chi connectivity index (χ4n) is 4.62. The average molecular weight is 641 g/mol. The molecule has 3 heterocycles. The summed E-state index contributed by atoms with van der Waals surface area (Å²) in [6.45, 7) is 0. The highest BCUT2D eigenvalue weighted by atomic mass is 35.5. The summed E-state index contributed by atoms with van der Waals surface area (Å²) in [7, 11) is 1.48. The third-order valence-corrected chi connectivity index (χ3v) is 9.25. The van der Waals surface area contributed by atoms with Crippen LogP contribution in [0.5, 0.6) is 11.5 Å². The van der Waals surface area contributed by atoms with Crippen molar-refractivity contribution in [2.24, 2.45) is 0 Å². The van der Waals surface area contributed by atoms with Gasteiger partial charge in [-0.25, -0.2) is 0 Å². The summed E-state index contributed by atoms with van der Waals surface area (Å²) < 4.78 is 11.7. The summed E-state index contributed by atoms with van der Waals surface area (Å²) in [5.74, 6) is -1.57. The van der Waals surface area contributed by atoms with Gasteiger partial charge < -0.3 is 19.4 Å². The zero-order chi connectivity index (χ0) is 29.5. The highest BCUT2D eigenvalue weighted by Gasteiger charge is 2.47. The smallest absolute Gasteiger partial charge is 0.296 e. The van der Waals surface area contributed by atoms with E-state index < -0.39 is 23.5 Å². The number of aromatic nitrogens is 2. The third-order valence-electron chi connectivity index (χ3n) is 6.56. The van der Waals surface area contributed by atoms with Crippen molar-refractivity contribution in [1.82, 2.24) is 10.2 Å². The van der Waals surface area contributed by atoms with Crippen molar-refractivity contribution in [2.75, 3.05) is 12.0 Å². The number of phenols is 1. The van der Waals surface area contributed by atoms with E-state index in [0.29, 0.717) is 42.4 Å². The lowest BCUT2D eigenvalue weighted by Gasteiger charge is -2.23. The van der Waals surface area contributed by atoms with Gasteiger partial charge in [-0.2, -0.15) is 0 Å². The summed E-state index contributed by atoms with van der Waals surface area (Å²) in [6, 6.07) is 16.9. The van der Waals surface area contributed by atoms with Crippen molar-refractivity contribution in [3.05, 3.63) is 105 Å². The molecule has 6 rings (SSSR count). The van der Waals surface area contributed by atoms with Crippen LogP contribution in [-0.2, 0) is 10.5 Å². The number of phenolic OH excluding ortho intramolecular Hbond substituents is 1. The SMILES string of the molecule is COc1cccc2cc(C(=O)C3=C(O)C(=O)N(c4nnc(SCc5ccc(Cl)cc5Cl)s4)C3c3cccc(O)c3)oc12. The van der Waals surface area contributed by atoms with E-state index in [-0.39, 0.29) is 22.2 Å². The maximum absolute atomic E-state index is 13.9. The predicted molar refractivity (Wildman–Crippen MR) is 161 cm³/mol. The van der Waals surface area contributed by atoms with Gasteiger partial charge in [-0.1, -0.05) is 76.6 Å². The second-order valence-electron chi connectivity index (χ2n) is 9.13. The molecule has 0 fully saturated rings. The van der Waals surface area contributed by atoms with Crippen LogP contribution in [0.2, 0.25) is 10.0 Å². The fraction of sp³-hybridized carbons (Fsp3) is 0.103. The van der Waals surface area contributed by atoms with Crippen LogP contribution in [0.3, 0.4) is 0 Å². The number of para-hydroxylation sites is 1. The molecule has 1 aliphatic rings. The largest absolute Gasteiger partial charge is 0.508 e. The number of carbonyl (C=O) groups excluding carboxylic acids is 2. The monoisotopic (exact) mass is 639 g/mol. The molecule has 212 valence electrons. The third kappa shape index (κ3) is 5.09. The summed E-state index contributed by atoms with van der Waals surface area (Å²) in [6.07, 6.45) is 0. The van der Waals surface area contributed by atoms with Gasteiger partial charge in [0.2, 0.25) is 10.9 Å². The Morgan fingerprint density at radius 3 is 2.67 bits per heavy atom. The molecule has 1 aliphatic heterocycles. The van der Waals surface area contributed by atoms with Gasteiger partial charge >= 0.3 is 0 Å². The number of rotatable bonds is 8. The summed E-state index contributed by atoms with van der Waals surface area (Å²) in [4.78, 5) is 28.6. The number of aromatic hydroxyl groups is 1. The number of thioether (sulfide) groups is 1. The first-order chi connectivity index (χ1) is 20.2. The molecular weight excluding hydrogens is 621 g/mol. The molecule has 0 bridgehead atoms. The molecule has 1 unspecified atom stereocenters. The van der Waals surface area contributed by atoms with Gasteiger partial charge in [0.25, 0.3) is 5.91 Å². The molecule has 0 saturated heterocycles. The van der Waals surface area contributed by atoms with Crippen LogP contribution in [-0.4, -0.2) is 39.2 Å². The Balaban J connectivity index is 1.36. The number of nitrogens with zero attached hydrogens (tertiary/aromatic N) is 3. The number of ether oxygens (including phenoxy) is 1. The number of furan rings is 1. The summed E-state index contributed by atoms with van der Waals surface area (Å²) in [5, 5.41) is 31.5. The van der Waals surface area contributed by atoms with Crippen LogP contribution in [0.25, 0.3) is 11.0 Å². The first kappa shape index (κ1) is 28.1. The van der Waals surface area contributed by atoms with E-state index in [9.17, 15) is 19.8 Å². The van der Waals surface area contributed by atoms with E-state index in [4.69, 9.17) is 32.4 Å². The normalized spacial score (nSPS) is 15.2. The van der Waals surface area contributed by atoms with Crippen LogP contribution in [0, 0.1) is 0 Å². The first-order valence-corrected chi connectivity index (χ1v) is 14.9. The van der Waals surface area contributed by atoms with Crippen molar-refractivity contribution < 1.29 is 29.0 Å². The number of halogens is 2. The van der Waals surface area contributed by atoms with Gasteiger partial charge in [0.1, 0.15) is 5.75 Å². The van der Waals surface area contributed by atoms with Crippen LogP contribution < -0.4 is 9.64 Å². The highest BCUT2D eigenvalue weighted by molar-refractivity contribution is 8.00. The summed E-state index contributed by atoms with van der Waals surface area (Å²) in [5.41, 5.74) is 1.35. The lowest BCUT2D eigenvalue weighted by atomic mass is 9.95. The van der Waals surface area contributed by atoms with E-state index >= 15 is 0 Å². The molecule has 1 atom stereocenters. The Hall–Kier alpha value is -4.03. The van der Waals surface area contributed by atoms with Gasteiger partial charge in [-0.15, -0.1) is 10.2 Å². The number of hydrogen-bond donors (Lipinski definition) is 2. The van der Waals surface area contributed by atoms with E-state index in [2.05, 4.69) is 10.2 Å². The molecule has 3 aromatic carbocycles. The quantitative estimate of drug-likeness (QED) is 0.102. The highest BCUT2D eigenvalue weighted by Crippen LogP contribution is 2.45. The number of aliphatic hydroxyl groups excluding tert-OH is 1. The molecule has 0 radical (unpaired) electrons. The Labute approximate surface area is 257 Å². The first-order valence-electron chi connectivity index (χ1n) is 12.3. The minimum atomic E-state index is -1.12.